The molecule has 0 aliphatic rings. The van der Waals surface area contributed by atoms with Crippen molar-refractivity contribution in [2.45, 2.75) is 25.2 Å². The lowest BCUT2D eigenvalue weighted by atomic mass is 10.1. The summed E-state index contributed by atoms with van der Waals surface area (Å²) in [5.41, 5.74) is 8.09. The van der Waals surface area contributed by atoms with Gasteiger partial charge in [0.05, 0.1) is 9.23 Å². The molecular weight excluding hydrogens is 328 g/mol. The second-order valence-corrected chi connectivity index (χ2v) is 8.37. The Morgan fingerprint density at radius 2 is 2.00 bits per heavy atom. The number of hydrogen-bond acceptors (Lipinski definition) is 4. The lowest BCUT2D eigenvalue weighted by molar-refractivity contribution is 0.582. The van der Waals surface area contributed by atoms with Crippen LogP contribution in [0.15, 0.2) is 29.2 Å². The van der Waals surface area contributed by atoms with Crippen molar-refractivity contribution in [2.24, 2.45) is 0 Å². The van der Waals surface area contributed by atoms with Gasteiger partial charge in [-0.05, 0) is 55.7 Å². The van der Waals surface area contributed by atoms with Crippen molar-refractivity contribution in [3.63, 3.8) is 0 Å². The summed E-state index contributed by atoms with van der Waals surface area (Å²) >= 11 is 7.29. The Balaban J connectivity index is 2.08. The number of nitrogen functional groups attached to an aromatic ring is 1. The van der Waals surface area contributed by atoms with E-state index in [2.05, 4.69) is 4.72 Å². The number of benzene rings is 1. The van der Waals surface area contributed by atoms with E-state index in [9.17, 15) is 8.42 Å². The van der Waals surface area contributed by atoms with E-state index in [4.69, 9.17) is 17.3 Å². The summed E-state index contributed by atoms with van der Waals surface area (Å²) in [4.78, 5) is 1.25. The molecule has 7 heteroatoms. The van der Waals surface area contributed by atoms with Gasteiger partial charge in [-0.3, -0.25) is 0 Å². The zero-order valence-electron chi connectivity index (χ0n) is 11.8. The summed E-state index contributed by atoms with van der Waals surface area (Å²) in [6.07, 6.45) is 0.608. The van der Waals surface area contributed by atoms with Gasteiger partial charge >= 0.3 is 0 Å². The number of hydrogen-bond donors (Lipinski definition) is 2. The average Bonchev–Trinajstić information content (AvgIpc) is 2.81. The number of halogens is 1. The van der Waals surface area contributed by atoms with E-state index in [0.29, 0.717) is 23.0 Å². The van der Waals surface area contributed by atoms with Crippen LogP contribution in [0.1, 0.15) is 16.0 Å². The smallest absolute Gasteiger partial charge is 0.240 e. The standard InChI is InChI=1S/C14H17ClN2O2S2/c1-9-7-12(8-13(16)10(9)2)21(18,19)17-6-5-11-3-4-14(15)20-11/h3-4,7-8,17H,5-6,16H2,1-2H3. The predicted molar refractivity (Wildman–Crippen MR) is 88.5 cm³/mol. The molecule has 0 spiro atoms. The van der Waals surface area contributed by atoms with Gasteiger partial charge in [-0.25, -0.2) is 13.1 Å². The van der Waals surface area contributed by atoms with Crippen LogP contribution in [-0.4, -0.2) is 15.0 Å². The Morgan fingerprint density at radius 3 is 2.57 bits per heavy atom. The Labute approximate surface area is 134 Å². The van der Waals surface area contributed by atoms with E-state index in [1.54, 1.807) is 12.1 Å². The third-order valence-corrected chi connectivity index (χ3v) is 6.02. The van der Waals surface area contributed by atoms with E-state index in [1.807, 2.05) is 19.9 Å². The van der Waals surface area contributed by atoms with Crippen LogP contribution in [-0.2, 0) is 16.4 Å². The van der Waals surface area contributed by atoms with Gasteiger partial charge in [0.1, 0.15) is 0 Å². The lowest BCUT2D eigenvalue weighted by Gasteiger charge is -2.10. The summed E-state index contributed by atoms with van der Waals surface area (Å²) < 4.78 is 27.8. The molecule has 114 valence electrons. The molecule has 1 aromatic heterocycles. The summed E-state index contributed by atoms with van der Waals surface area (Å²) in [5.74, 6) is 0. The summed E-state index contributed by atoms with van der Waals surface area (Å²) in [5, 5.41) is 0. The molecule has 2 aromatic rings. The summed E-state index contributed by atoms with van der Waals surface area (Å²) in [6.45, 7) is 4.04. The van der Waals surface area contributed by atoms with Gasteiger partial charge < -0.3 is 5.73 Å². The highest BCUT2D eigenvalue weighted by Crippen LogP contribution is 2.23. The molecule has 0 saturated heterocycles. The van der Waals surface area contributed by atoms with Crippen molar-refractivity contribution in [2.75, 3.05) is 12.3 Å². The topological polar surface area (TPSA) is 72.2 Å². The molecule has 0 aliphatic carbocycles. The number of thiophene rings is 1. The van der Waals surface area contributed by atoms with Crippen molar-refractivity contribution in [3.05, 3.63) is 44.6 Å². The highest BCUT2D eigenvalue weighted by atomic mass is 35.5. The fourth-order valence-corrected chi connectivity index (χ4v) is 4.12. The molecule has 1 aromatic carbocycles. The normalized spacial score (nSPS) is 11.8. The van der Waals surface area contributed by atoms with E-state index in [1.165, 1.54) is 17.4 Å². The van der Waals surface area contributed by atoms with E-state index in [0.717, 1.165) is 16.0 Å². The molecule has 0 unspecified atom stereocenters. The second kappa shape index (κ2) is 6.36. The summed E-state index contributed by atoms with van der Waals surface area (Å²) in [6, 6.07) is 6.83. The molecule has 0 saturated carbocycles. The SMILES string of the molecule is Cc1cc(S(=O)(=O)NCCc2ccc(Cl)s2)cc(N)c1C. The van der Waals surface area contributed by atoms with Gasteiger partial charge in [0, 0.05) is 17.1 Å². The first-order chi connectivity index (χ1) is 9.79. The van der Waals surface area contributed by atoms with Gasteiger partial charge in [-0.2, -0.15) is 0 Å². The number of anilines is 1. The average molecular weight is 345 g/mol. The van der Waals surface area contributed by atoms with Crippen LogP contribution in [0.25, 0.3) is 0 Å². The monoisotopic (exact) mass is 344 g/mol. The fourth-order valence-electron chi connectivity index (χ4n) is 1.89. The fraction of sp³-hybridized carbons (Fsp3) is 0.286. The first kappa shape index (κ1) is 16.3. The van der Waals surface area contributed by atoms with Crippen LogP contribution in [0.5, 0.6) is 0 Å². The molecule has 2 rings (SSSR count). The Hall–Kier alpha value is -1.08. The maximum Gasteiger partial charge on any atom is 0.240 e. The Bertz CT molecular complexity index is 731. The molecule has 0 aliphatic heterocycles. The second-order valence-electron chi connectivity index (χ2n) is 4.81. The van der Waals surface area contributed by atoms with Crippen molar-refractivity contribution < 1.29 is 8.42 Å². The van der Waals surface area contributed by atoms with Crippen molar-refractivity contribution in [1.29, 1.82) is 0 Å². The largest absolute Gasteiger partial charge is 0.398 e. The third kappa shape index (κ3) is 3.97. The van der Waals surface area contributed by atoms with Gasteiger partial charge in [-0.15, -0.1) is 11.3 Å². The number of nitrogens with two attached hydrogens (primary N) is 1. The maximum atomic E-state index is 12.3. The van der Waals surface area contributed by atoms with Gasteiger partial charge in [0.25, 0.3) is 0 Å². The molecule has 0 bridgehead atoms. The molecule has 3 N–H and O–H groups in total. The van der Waals surface area contributed by atoms with Crippen LogP contribution in [0, 0.1) is 13.8 Å². The van der Waals surface area contributed by atoms with Gasteiger partial charge in [-0.1, -0.05) is 11.6 Å². The molecule has 0 radical (unpaired) electrons. The van der Waals surface area contributed by atoms with Crippen molar-refractivity contribution >= 4 is 38.6 Å². The lowest BCUT2D eigenvalue weighted by Crippen LogP contribution is -2.26. The molecule has 1 heterocycles. The van der Waals surface area contributed by atoms with Crippen LogP contribution < -0.4 is 10.5 Å². The molecule has 0 atom stereocenters. The van der Waals surface area contributed by atoms with Crippen LogP contribution in [0.3, 0.4) is 0 Å². The van der Waals surface area contributed by atoms with Crippen LogP contribution in [0.2, 0.25) is 4.34 Å². The van der Waals surface area contributed by atoms with E-state index in [-0.39, 0.29) is 4.90 Å². The Kier molecular flexibility index (Phi) is 4.93. The zero-order chi connectivity index (χ0) is 15.6. The third-order valence-electron chi connectivity index (χ3n) is 3.28. The van der Waals surface area contributed by atoms with Crippen LogP contribution in [0.4, 0.5) is 5.69 Å². The van der Waals surface area contributed by atoms with E-state index >= 15 is 0 Å². The number of rotatable bonds is 5. The highest BCUT2D eigenvalue weighted by molar-refractivity contribution is 7.89. The van der Waals surface area contributed by atoms with Gasteiger partial charge in [0.15, 0.2) is 0 Å². The molecule has 21 heavy (non-hydrogen) atoms. The minimum atomic E-state index is -3.54. The molecular formula is C14H17ClN2O2S2. The zero-order valence-corrected chi connectivity index (χ0v) is 14.2. The number of nitrogens with one attached hydrogen (secondary N) is 1. The van der Waals surface area contributed by atoms with E-state index < -0.39 is 10.0 Å². The summed E-state index contributed by atoms with van der Waals surface area (Å²) in [7, 11) is -3.54. The predicted octanol–water partition coefficient (Wildman–Crippen LogP) is 3.12. The molecule has 0 amide bonds. The number of aryl methyl sites for hydroxylation is 1. The van der Waals surface area contributed by atoms with Crippen LogP contribution >= 0.6 is 22.9 Å². The van der Waals surface area contributed by atoms with Crippen molar-refractivity contribution in [1.82, 2.24) is 4.72 Å². The first-order valence-electron chi connectivity index (χ1n) is 6.40. The Morgan fingerprint density at radius 1 is 1.29 bits per heavy atom. The molecule has 4 nitrogen and oxygen atoms in total. The quantitative estimate of drug-likeness (QED) is 0.818. The minimum absolute atomic E-state index is 0.201. The number of sulfonamides is 1. The highest BCUT2D eigenvalue weighted by Gasteiger charge is 2.15. The van der Waals surface area contributed by atoms with Gasteiger partial charge in [0.2, 0.25) is 10.0 Å². The molecule has 0 fully saturated rings. The first-order valence-corrected chi connectivity index (χ1v) is 9.08. The van der Waals surface area contributed by atoms with Crippen molar-refractivity contribution in [3.8, 4) is 0 Å². The maximum absolute atomic E-state index is 12.3. The minimum Gasteiger partial charge on any atom is -0.398 e.